The van der Waals surface area contributed by atoms with Gasteiger partial charge < -0.3 is 14.5 Å². The molecule has 0 N–H and O–H groups in total. The van der Waals surface area contributed by atoms with Crippen LogP contribution in [0.1, 0.15) is 12.5 Å². The lowest BCUT2D eigenvalue weighted by Gasteiger charge is -2.36. The highest BCUT2D eigenvalue weighted by atomic mass is 35.5. The number of halogens is 2. The summed E-state index contributed by atoms with van der Waals surface area (Å²) < 4.78 is 5.06. The van der Waals surface area contributed by atoms with E-state index in [-0.39, 0.29) is 25.0 Å². The number of carbonyl (C=O) groups excluding carboxylic acids is 2. The maximum absolute atomic E-state index is 13.1. The Morgan fingerprint density at radius 3 is 2.37 bits per heavy atom. The van der Waals surface area contributed by atoms with Crippen LogP contribution in [0.5, 0.6) is 0 Å². The van der Waals surface area contributed by atoms with Crippen LogP contribution in [0.4, 0.5) is 0 Å². The Bertz CT molecular complexity index is 773. The molecule has 0 bridgehead atoms. The smallest absolute Gasteiger partial charge is 0.277 e. The molecule has 1 fully saturated rings. The molecule has 146 valence electrons. The van der Waals surface area contributed by atoms with Crippen molar-refractivity contribution in [2.24, 2.45) is 0 Å². The fraction of sp³-hybridized carbons (Fsp3) is 0.474. The van der Waals surface area contributed by atoms with Crippen LogP contribution in [0, 0.1) is 0 Å². The fourth-order valence-corrected chi connectivity index (χ4v) is 3.97. The predicted octanol–water partition coefficient (Wildman–Crippen LogP) is 2.36. The van der Waals surface area contributed by atoms with E-state index < -0.39 is 0 Å². The largest absolute Gasteiger partial charge is 0.383 e. The van der Waals surface area contributed by atoms with E-state index in [0.29, 0.717) is 40.0 Å². The second-order valence-corrected chi connectivity index (χ2v) is 7.37. The Morgan fingerprint density at radius 2 is 1.78 bits per heavy atom. The minimum atomic E-state index is -0.339. The van der Waals surface area contributed by atoms with Gasteiger partial charge in [-0.25, -0.2) is 0 Å². The topological polar surface area (TPSA) is 53.1 Å². The normalized spacial score (nSPS) is 18.8. The number of ether oxygens (including phenoxy) is 1. The van der Waals surface area contributed by atoms with Gasteiger partial charge in [-0.2, -0.15) is 0 Å². The molecule has 2 heterocycles. The average molecular weight is 412 g/mol. The van der Waals surface area contributed by atoms with Crippen LogP contribution in [0.15, 0.2) is 23.9 Å². The Balaban J connectivity index is 2.02. The summed E-state index contributed by atoms with van der Waals surface area (Å²) in [6, 6.07) is 4.97. The summed E-state index contributed by atoms with van der Waals surface area (Å²) in [6.45, 7) is 6.66. The zero-order valence-corrected chi connectivity index (χ0v) is 17.0. The third-order valence-electron chi connectivity index (χ3n) is 5.00. The van der Waals surface area contributed by atoms with Crippen molar-refractivity contribution >= 4 is 40.6 Å². The first-order valence-corrected chi connectivity index (χ1v) is 9.75. The highest BCUT2D eigenvalue weighted by molar-refractivity contribution is 6.41. The molecule has 2 amide bonds. The van der Waals surface area contributed by atoms with Crippen LogP contribution in [-0.4, -0.2) is 79.5 Å². The van der Waals surface area contributed by atoms with Gasteiger partial charge in [-0.1, -0.05) is 36.2 Å². The first kappa shape index (κ1) is 20.1. The van der Waals surface area contributed by atoms with Crippen molar-refractivity contribution in [1.29, 1.82) is 0 Å². The second kappa shape index (κ2) is 8.61. The molecule has 2 aliphatic heterocycles. The van der Waals surface area contributed by atoms with Gasteiger partial charge in [0.1, 0.15) is 5.70 Å². The van der Waals surface area contributed by atoms with Crippen LogP contribution >= 0.6 is 23.2 Å². The van der Waals surface area contributed by atoms with Gasteiger partial charge >= 0.3 is 0 Å². The molecule has 1 aromatic rings. The Labute approximate surface area is 169 Å². The summed E-state index contributed by atoms with van der Waals surface area (Å²) in [5.41, 5.74) is 1.31. The Kier molecular flexibility index (Phi) is 6.42. The number of rotatable bonds is 6. The van der Waals surface area contributed by atoms with Crippen molar-refractivity contribution in [2.45, 2.75) is 6.92 Å². The first-order valence-electron chi connectivity index (χ1n) is 9.00. The molecule has 0 saturated carbocycles. The van der Waals surface area contributed by atoms with Gasteiger partial charge in [0, 0.05) is 43.9 Å². The monoisotopic (exact) mass is 411 g/mol. The average Bonchev–Trinajstić information content (AvgIpc) is 2.90. The standard InChI is InChI=1S/C19H23Cl2N3O3/c1-3-22-6-8-23(9-7-22)17-16(14-5-4-13(20)12-15(14)21)18(25)24(19(17)26)10-11-27-2/h4-5,12H,3,6-11H2,1-2H3. The van der Waals surface area contributed by atoms with E-state index in [1.807, 2.05) is 4.90 Å². The van der Waals surface area contributed by atoms with Crippen molar-refractivity contribution in [1.82, 2.24) is 14.7 Å². The lowest BCUT2D eigenvalue weighted by Crippen LogP contribution is -2.47. The lowest BCUT2D eigenvalue weighted by atomic mass is 10.0. The maximum Gasteiger partial charge on any atom is 0.277 e. The van der Waals surface area contributed by atoms with Crippen LogP contribution in [0.2, 0.25) is 10.0 Å². The number of nitrogens with zero attached hydrogens (tertiary/aromatic N) is 3. The molecule has 0 atom stereocenters. The molecule has 1 saturated heterocycles. The molecule has 8 heteroatoms. The van der Waals surface area contributed by atoms with Crippen LogP contribution < -0.4 is 0 Å². The minimum absolute atomic E-state index is 0.210. The van der Waals surface area contributed by atoms with Gasteiger partial charge in [-0.05, 0) is 18.7 Å². The first-order chi connectivity index (χ1) is 13.0. The molecule has 1 aromatic carbocycles. The third-order valence-corrected chi connectivity index (χ3v) is 5.55. The zero-order chi connectivity index (χ0) is 19.6. The molecule has 2 aliphatic rings. The lowest BCUT2D eigenvalue weighted by molar-refractivity contribution is -0.138. The predicted molar refractivity (Wildman–Crippen MR) is 106 cm³/mol. The summed E-state index contributed by atoms with van der Waals surface area (Å²) in [5.74, 6) is -0.628. The highest BCUT2D eigenvalue weighted by Gasteiger charge is 2.42. The summed E-state index contributed by atoms with van der Waals surface area (Å²) in [6.07, 6.45) is 0. The third kappa shape index (κ3) is 3.99. The van der Waals surface area contributed by atoms with E-state index in [9.17, 15) is 9.59 Å². The van der Waals surface area contributed by atoms with E-state index >= 15 is 0 Å². The van der Waals surface area contributed by atoms with E-state index in [1.165, 1.54) is 4.90 Å². The van der Waals surface area contributed by atoms with Gasteiger partial charge in [0.25, 0.3) is 11.8 Å². The SMILES string of the molecule is CCN1CCN(C2=C(c3ccc(Cl)cc3Cl)C(=O)N(CCOC)C2=O)CC1. The number of piperazine rings is 1. The van der Waals surface area contributed by atoms with E-state index in [0.717, 1.165) is 19.6 Å². The number of hydrogen-bond acceptors (Lipinski definition) is 5. The molecule has 0 unspecified atom stereocenters. The summed E-state index contributed by atoms with van der Waals surface area (Å²) >= 11 is 12.4. The van der Waals surface area contributed by atoms with Gasteiger partial charge in [-0.3, -0.25) is 14.5 Å². The molecule has 0 aliphatic carbocycles. The molecular weight excluding hydrogens is 389 g/mol. The van der Waals surface area contributed by atoms with Crippen molar-refractivity contribution in [2.75, 3.05) is 53.0 Å². The second-order valence-electron chi connectivity index (χ2n) is 6.52. The number of hydrogen-bond donors (Lipinski definition) is 0. The van der Waals surface area contributed by atoms with Gasteiger partial charge in [-0.15, -0.1) is 0 Å². The molecule has 0 aromatic heterocycles. The van der Waals surface area contributed by atoms with Gasteiger partial charge in [0.15, 0.2) is 0 Å². The fourth-order valence-electron chi connectivity index (χ4n) is 3.46. The summed E-state index contributed by atoms with van der Waals surface area (Å²) in [7, 11) is 1.54. The minimum Gasteiger partial charge on any atom is -0.383 e. The van der Waals surface area contributed by atoms with E-state index in [1.54, 1.807) is 25.3 Å². The number of carbonyl (C=O) groups is 2. The summed E-state index contributed by atoms with van der Waals surface area (Å²) in [5, 5.41) is 0.840. The summed E-state index contributed by atoms with van der Waals surface area (Å²) in [4.78, 5) is 31.8. The van der Waals surface area contributed by atoms with E-state index in [2.05, 4.69) is 11.8 Å². The Hall–Kier alpha value is -1.60. The van der Waals surface area contributed by atoms with Crippen LogP contribution in [-0.2, 0) is 14.3 Å². The number of amides is 2. The van der Waals surface area contributed by atoms with Gasteiger partial charge in [0.2, 0.25) is 0 Å². The van der Waals surface area contributed by atoms with Crippen LogP contribution in [0.3, 0.4) is 0 Å². The molecule has 3 rings (SSSR count). The molecule has 0 radical (unpaired) electrons. The molecule has 0 spiro atoms. The van der Waals surface area contributed by atoms with Crippen LogP contribution in [0.25, 0.3) is 5.57 Å². The van der Waals surface area contributed by atoms with Crippen molar-refractivity contribution in [3.05, 3.63) is 39.5 Å². The number of methoxy groups -OCH3 is 1. The Morgan fingerprint density at radius 1 is 1.07 bits per heavy atom. The highest BCUT2D eigenvalue weighted by Crippen LogP contribution is 2.36. The number of imide groups is 1. The quantitative estimate of drug-likeness (QED) is 0.672. The zero-order valence-electron chi connectivity index (χ0n) is 15.5. The number of likely N-dealkylation sites (N-methyl/N-ethyl adjacent to an activating group) is 1. The maximum atomic E-state index is 13.1. The van der Waals surface area contributed by atoms with E-state index in [4.69, 9.17) is 27.9 Å². The molecule has 27 heavy (non-hydrogen) atoms. The van der Waals surface area contributed by atoms with Crippen molar-refractivity contribution in [3.8, 4) is 0 Å². The van der Waals surface area contributed by atoms with Crippen molar-refractivity contribution in [3.63, 3.8) is 0 Å². The van der Waals surface area contributed by atoms with Crippen molar-refractivity contribution < 1.29 is 14.3 Å². The molecule has 6 nitrogen and oxygen atoms in total. The van der Waals surface area contributed by atoms with Gasteiger partial charge in [0.05, 0.1) is 23.7 Å². The number of benzene rings is 1. The molecular formula is C19H23Cl2N3O3.